The SMILES string of the molecule is CC.CC.CC/C=C\C=C/CC(NC(=O)[C@@H]1CCCN1C(=O)C(NC(=O)CN)C(C)C)c1ccccc1. The molecule has 3 atom stereocenters. The number of hydrogen-bond acceptors (Lipinski definition) is 4. The number of hydrogen-bond donors (Lipinski definition) is 3. The summed E-state index contributed by atoms with van der Waals surface area (Å²) in [5.41, 5.74) is 6.43. The van der Waals surface area contributed by atoms with Gasteiger partial charge in [0.25, 0.3) is 0 Å². The molecule has 2 unspecified atom stereocenters. The predicted molar refractivity (Wildman–Crippen MR) is 154 cm³/mol. The highest BCUT2D eigenvalue weighted by atomic mass is 16.2. The summed E-state index contributed by atoms with van der Waals surface area (Å²) in [6.07, 6.45) is 11.1. The second kappa shape index (κ2) is 20.2. The molecule has 0 spiro atoms. The lowest BCUT2D eigenvalue weighted by molar-refractivity contribution is -0.142. The zero-order valence-corrected chi connectivity index (χ0v) is 24.0. The van der Waals surface area contributed by atoms with Crippen LogP contribution in [0.2, 0.25) is 0 Å². The average molecular weight is 515 g/mol. The van der Waals surface area contributed by atoms with E-state index in [1.54, 1.807) is 4.90 Å². The van der Waals surface area contributed by atoms with Crippen LogP contribution in [0.4, 0.5) is 0 Å². The van der Waals surface area contributed by atoms with E-state index >= 15 is 0 Å². The first kappa shape index (κ1) is 34.1. The zero-order chi connectivity index (χ0) is 28.2. The Morgan fingerprint density at radius 2 is 1.65 bits per heavy atom. The Morgan fingerprint density at radius 3 is 2.22 bits per heavy atom. The smallest absolute Gasteiger partial charge is 0.246 e. The Morgan fingerprint density at radius 1 is 1.03 bits per heavy atom. The van der Waals surface area contributed by atoms with Crippen LogP contribution >= 0.6 is 0 Å². The van der Waals surface area contributed by atoms with Gasteiger partial charge in [-0.15, -0.1) is 0 Å². The highest BCUT2D eigenvalue weighted by molar-refractivity contribution is 5.93. The Hall–Kier alpha value is -2.93. The fraction of sp³-hybridized carbons (Fsp3) is 0.567. The number of nitrogens with zero attached hydrogens (tertiary/aromatic N) is 1. The molecule has 208 valence electrons. The van der Waals surface area contributed by atoms with E-state index in [1.165, 1.54) is 0 Å². The van der Waals surface area contributed by atoms with Gasteiger partial charge < -0.3 is 21.3 Å². The minimum atomic E-state index is -0.701. The first-order valence-corrected chi connectivity index (χ1v) is 13.9. The minimum absolute atomic E-state index is 0.115. The van der Waals surface area contributed by atoms with Crippen LogP contribution in [0.1, 0.15) is 85.8 Å². The number of benzene rings is 1. The molecule has 3 amide bonds. The Bertz CT molecular complexity index is 836. The van der Waals surface area contributed by atoms with Gasteiger partial charge in [-0.1, -0.05) is 103 Å². The van der Waals surface area contributed by atoms with E-state index in [9.17, 15) is 14.4 Å². The molecular weight excluding hydrogens is 464 g/mol. The highest BCUT2D eigenvalue weighted by Gasteiger charge is 2.39. The number of rotatable bonds is 11. The normalized spacial score (nSPS) is 16.5. The highest BCUT2D eigenvalue weighted by Crippen LogP contribution is 2.23. The van der Waals surface area contributed by atoms with Gasteiger partial charge in [0.15, 0.2) is 0 Å². The van der Waals surface area contributed by atoms with Gasteiger partial charge in [-0.3, -0.25) is 14.4 Å². The van der Waals surface area contributed by atoms with Crippen LogP contribution in [0.3, 0.4) is 0 Å². The monoisotopic (exact) mass is 514 g/mol. The molecule has 1 aromatic rings. The number of nitrogens with two attached hydrogens (primary N) is 1. The number of likely N-dealkylation sites (tertiary alicyclic amines) is 1. The summed E-state index contributed by atoms with van der Waals surface area (Å²) in [6.45, 7) is 14.1. The number of allylic oxidation sites excluding steroid dienone is 3. The maximum absolute atomic E-state index is 13.3. The Balaban J connectivity index is 0.00000308. The minimum Gasteiger partial charge on any atom is -0.347 e. The van der Waals surface area contributed by atoms with Gasteiger partial charge in [0, 0.05) is 6.54 Å². The van der Waals surface area contributed by atoms with Crippen molar-refractivity contribution in [2.24, 2.45) is 11.7 Å². The molecule has 0 aromatic heterocycles. The van der Waals surface area contributed by atoms with Crippen molar-refractivity contribution in [3.63, 3.8) is 0 Å². The molecule has 7 nitrogen and oxygen atoms in total. The third kappa shape index (κ3) is 11.8. The summed E-state index contributed by atoms with van der Waals surface area (Å²) >= 11 is 0. The second-order valence-electron chi connectivity index (χ2n) is 8.66. The molecule has 1 aromatic carbocycles. The van der Waals surface area contributed by atoms with Crippen molar-refractivity contribution in [2.45, 2.75) is 92.3 Å². The summed E-state index contributed by atoms with van der Waals surface area (Å²) in [5.74, 6) is -0.892. The fourth-order valence-corrected chi connectivity index (χ4v) is 3.97. The summed E-state index contributed by atoms with van der Waals surface area (Å²) < 4.78 is 0. The van der Waals surface area contributed by atoms with E-state index in [1.807, 2.05) is 90.1 Å². The van der Waals surface area contributed by atoms with Crippen molar-refractivity contribution in [1.29, 1.82) is 0 Å². The third-order valence-electron chi connectivity index (χ3n) is 5.78. The molecule has 1 aliphatic rings. The van der Waals surface area contributed by atoms with Crippen LogP contribution in [0.5, 0.6) is 0 Å². The molecule has 0 bridgehead atoms. The average Bonchev–Trinajstić information content (AvgIpc) is 3.43. The molecule has 37 heavy (non-hydrogen) atoms. The van der Waals surface area contributed by atoms with Crippen molar-refractivity contribution in [2.75, 3.05) is 13.1 Å². The van der Waals surface area contributed by atoms with Crippen LogP contribution in [-0.2, 0) is 14.4 Å². The standard InChI is InChI=1S/C26H38N4O3.2C2H6/c1-4-5-6-7-11-15-21(20-13-9-8-10-14-20)28-25(32)22-16-12-17-30(22)26(33)24(19(2)3)29-23(31)18-27;2*1-2/h5-11,13-14,19,21-22,24H,4,12,15-18,27H2,1-3H3,(H,28,32)(H,29,31);2*1-2H3/b6-5-,11-7-;;/t21?,22-,24?;;/m0../s1. The first-order chi connectivity index (χ1) is 17.9. The first-order valence-electron chi connectivity index (χ1n) is 13.9. The van der Waals surface area contributed by atoms with E-state index in [-0.39, 0.29) is 36.2 Å². The number of amides is 3. The molecule has 0 aliphatic carbocycles. The van der Waals surface area contributed by atoms with Crippen LogP contribution < -0.4 is 16.4 Å². The van der Waals surface area contributed by atoms with Crippen molar-refractivity contribution in [3.05, 3.63) is 60.2 Å². The molecular formula is C30H50N4O3. The zero-order valence-electron chi connectivity index (χ0n) is 24.0. The largest absolute Gasteiger partial charge is 0.347 e. The lowest BCUT2D eigenvalue weighted by Gasteiger charge is -2.31. The van der Waals surface area contributed by atoms with E-state index in [2.05, 4.69) is 23.6 Å². The fourth-order valence-electron chi connectivity index (χ4n) is 3.97. The topological polar surface area (TPSA) is 105 Å². The maximum atomic E-state index is 13.3. The molecule has 1 saturated heterocycles. The summed E-state index contributed by atoms with van der Waals surface area (Å²) in [6, 6.07) is 8.39. The van der Waals surface area contributed by atoms with Gasteiger partial charge in [-0.25, -0.2) is 0 Å². The number of carbonyl (C=O) groups is 3. The van der Waals surface area contributed by atoms with Gasteiger partial charge in [0.2, 0.25) is 17.7 Å². The quantitative estimate of drug-likeness (QED) is 0.365. The van der Waals surface area contributed by atoms with Gasteiger partial charge >= 0.3 is 0 Å². The van der Waals surface area contributed by atoms with Crippen LogP contribution in [0, 0.1) is 5.92 Å². The molecule has 2 rings (SSSR count). The summed E-state index contributed by atoms with van der Waals surface area (Å²) in [7, 11) is 0. The van der Waals surface area contributed by atoms with Gasteiger partial charge in [-0.05, 0) is 37.2 Å². The Labute approximate surface area is 225 Å². The summed E-state index contributed by atoms with van der Waals surface area (Å²) in [5, 5.41) is 5.87. The molecule has 1 fully saturated rings. The van der Waals surface area contributed by atoms with Gasteiger partial charge in [0.05, 0.1) is 12.6 Å². The van der Waals surface area contributed by atoms with E-state index in [0.29, 0.717) is 19.4 Å². The van der Waals surface area contributed by atoms with Gasteiger partial charge in [-0.2, -0.15) is 0 Å². The number of carbonyl (C=O) groups excluding carboxylic acids is 3. The maximum Gasteiger partial charge on any atom is 0.246 e. The molecule has 7 heteroatoms. The van der Waals surface area contributed by atoms with E-state index < -0.39 is 12.1 Å². The molecule has 4 N–H and O–H groups in total. The van der Waals surface area contributed by atoms with Crippen LogP contribution in [-0.4, -0.2) is 47.8 Å². The predicted octanol–water partition coefficient (Wildman–Crippen LogP) is 4.90. The second-order valence-corrected chi connectivity index (χ2v) is 8.66. The van der Waals surface area contributed by atoms with E-state index in [0.717, 1.165) is 18.4 Å². The van der Waals surface area contributed by atoms with Crippen LogP contribution in [0.25, 0.3) is 0 Å². The molecule has 0 radical (unpaired) electrons. The summed E-state index contributed by atoms with van der Waals surface area (Å²) in [4.78, 5) is 40.0. The van der Waals surface area contributed by atoms with Gasteiger partial charge in [0.1, 0.15) is 12.1 Å². The van der Waals surface area contributed by atoms with E-state index in [4.69, 9.17) is 5.73 Å². The van der Waals surface area contributed by atoms with Crippen LogP contribution in [0.15, 0.2) is 54.6 Å². The lowest BCUT2D eigenvalue weighted by atomic mass is 10.0. The Kier molecular flexibility index (Phi) is 18.6. The number of nitrogens with one attached hydrogen (secondary N) is 2. The lowest BCUT2D eigenvalue weighted by Crippen LogP contribution is -2.56. The third-order valence-corrected chi connectivity index (χ3v) is 5.78. The van der Waals surface area contributed by atoms with Crippen molar-refractivity contribution in [3.8, 4) is 0 Å². The molecule has 1 heterocycles. The van der Waals surface area contributed by atoms with Crippen molar-refractivity contribution in [1.82, 2.24) is 15.5 Å². The van der Waals surface area contributed by atoms with Crippen molar-refractivity contribution >= 4 is 17.7 Å². The van der Waals surface area contributed by atoms with Crippen molar-refractivity contribution < 1.29 is 14.4 Å². The molecule has 0 saturated carbocycles. The molecule has 1 aliphatic heterocycles.